The Morgan fingerprint density at radius 3 is 0.654 bits per heavy atom. The molecule has 0 spiro atoms. The number of carbonyl (C=O) groups is 4. The van der Waals surface area contributed by atoms with Crippen molar-refractivity contribution < 1.29 is 80.2 Å². The van der Waals surface area contributed by atoms with Crippen LogP contribution in [0.4, 0.5) is 0 Å². The van der Waals surface area contributed by atoms with Crippen LogP contribution in [0.5, 0.6) is 0 Å². The van der Waals surface area contributed by atoms with Crippen LogP contribution in [0.25, 0.3) is 0 Å². The molecule has 0 aliphatic heterocycles. The predicted octanol–water partition coefficient (Wildman–Crippen LogP) is 25.8. The monoisotopic (exact) mass is 1520 g/mol. The molecule has 17 nitrogen and oxygen atoms in total. The molecule has 0 saturated carbocycles. The van der Waals surface area contributed by atoms with Gasteiger partial charge < -0.3 is 33.8 Å². The first kappa shape index (κ1) is 102. The largest absolute Gasteiger partial charge is 0.472 e. The van der Waals surface area contributed by atoms with Crippen molar-refractivity contribution in [2.45, 2.75) is 471 Å². The number of carbonyl (C=O) groups excluding carboxylic acids is 4. The number of aliphatic hydroxyl groups excluding tert-OH is 1. The fourth-order valence-electron chi connectivity index (χ4n) is 13.2. The van der Waals surface area contributed by atoms with Crippen LogP contribution in [0, 0.1) is 11.8 Å². The van der Waals surface area contributed by atoms with E-state index >= 15 is 0 Å². The number of phosphoric acid groups is 2. The highest BCUT2D eigenvalue weighted by Gasteiger charge is 2.30. The third kappa shape index (κ3) is 78.2. The first-order chi connectivity index (χ1) is 50.4. The molecule has 0 aromatic rings. The lowest BCUT2D eigenvalue weighted by Gasteiger charge is -2.21. The van der Waals surface area contributed by atoms with E-state index in [2.05, 4.69) is 41.5 Å². The zero-order valence-corrected chi connectivity index (χ0v) is 70.1. The second-order valence-electron chi connectivity index (χ2n) is 31.5. The Morgan fingerprint density at radius 1 is 0.260 bits per heavy atom. The van der Waals surface area contributed by atoms with Crippen molar-refractivity contribution in [3.05, 3.63) is 0 Å². The zero-order chi connectivity index (χ0) is 76.4. The van der Waals surface area contributed by atoms with Crippen molar-refractivity contribution in [2.24, 2.45) is 11.8 Å². The molecule has 0 amide bonds. The molecule has 5 atom stereocenters. The Morgan fingerprint density at radius 2 is 0.442 bits per heavy atom. The van der Waals surface area contributed by atoms with Gasteiger partial charge in [-0.1, -0.05) is 401 Å². The van der Waals surface area contributed by atoms with Crippen LogP contribution >= 0.6 is 15.6 Å². The second-order valence-corrected chi connectivity index (χ2v) is 34.4. The van der Waals surface area contributed by atoms with Crippen LogP contribution in [0.1, 0.15) is 452 Å². The van der Waals surface area contributed by atoms with E-state index < -0.39 is 97.5 Å². The summed E-state index contributed by atoms with van der Waals surface area (Å²) in [5.41, 5.74) is 0. The highest BCUT2D eigenvalue weighted by atomic mass is 31.2. The third-order valence-corrected chi connectivity index (χ3v) is 21.9. The van der Waals surface area contributed by atoms with Gasteiger partial charge in [-0.15, -0.1) is 0 Å². The molecule has 0 bridgehead atoms. The van der Waals surface area contributed by atoms with E-state index in [1.54, 1.807) is 0 Å². The third-order valence-electron chi connectivity index (χ3n) is 20.0. The minimum absolute atomic E-state index is 0.109. The molecule has 19 heteroatoms. The van der Waals surface area contributed by atoms with Gasteiger partial charge in [0, 0.05) is 25.7 Å². The molecular formula is C85H166O17P2. The van der Waals surface area contributed by atoms with Crippen molar-refractivity contribution in [1.82, 2.24) is 0 Å². The highest BCUT2D eigenvalue weighted by Crippen LogP contribution is 2.45. The number of phosphoric ester groups is 2. The van der Waals surface area contributed by atoms with Crippen molar-refractivity contribution in [1.29, 1.82) is 0 Å². The Kier molecular flexibility index (Phi) is 75.0. The zero-order valence-electron chi connectivity index (χ0n) is 68.3. The summed E-state index contributed by atoms with van der Waals surface area (Å²) >= 11 is 0. The summed E-state index contributed by atoms with van der Waals surface area (Å²) in [6, 6.07) is 0. The van der Waals surface area contributed by atoms with Gasteiger partial charge in [-0.05, 0) is 37.5 Å². The molecule has 104 heavy (non-hydrogen) atoms. The van der Waals surface area contributed by atoms with Gasteiger partial charge in [-0.2, -0.15) is 0 Å². The summed E-state index contributed by atoms with van der Waals surface area (Å²) in [6.07, 6.45) is 67.9. The summed E-state index contributed by atoms with van der Waals surface area (Å²) in [4.78, 5) is 73.2. The van der Waals surface area contributed by atoms with Crippen molar-refractivity contribution in [2.75, 3.05) is 39.6 Å². The number of unbranched alkanes of at least 4 members (excludes halogenated alkanes) is 54. The van der Waals surface area contributed by atoms with E-state index in [1.807, 2.05) is 0 Å². The number of hydrogen-bond acceptors (Lipinski definition) is 15. The quantitative estimate of drug-likeness (QED) is 0.0222. The maximum absolute atomic E-state index is 13.1. The summed E-state index contributed by atoms with van der Waals surface area (Å²) in [7, 11) is -9.93. The Labute approximate surface area is 638 Å². The lowest BCUT2D eigenvalue weighted by molar-refractivity contribution is -0.161. The normalized spacial score (nSPS) is 13.8. The Hall–Kier alpha value is -1.94. The lowest BCUT2D eigenvalue weighted by atomic mass is 10.0. The summed E-state index contributed by atoms with van der Waals surface area (Å²) in [5, 5.41) is 10.7. The first-order valence-electron chi connectivity index (χ1n) is 44.0. The molecule has 0 aliphatic rings. The van der Waals surface area contributed by atoms with Crippen LogP contribution in [0.15, 0.2) is 0 Å². The predicted molar refractivity (Wildman–Crippen MR) is 428 cm³/mol. The molecule has 618 valence electrons. The average molecular weight is 1520 g/mol. The van der Waals surface area contributed by atoms with Gasteiger partial charge in [0.15, 0.2) is 12.2 Å². The molecule has 0 heterocycles. The van der Waals surface area contributed by atoms with Crippen LogP contribution < -0.4 is 0 Å². The van der Waals surface area contributed by atoms with E-state index in [-0.39, 0.29) is 25.7 Å². The molecule has 2 unspecified atom stereocenters. The SMILES string of the molecule is CCCCCCCCCCCCCCCCC(=O)O[C@H](COC(=O)CCCCCCCCCCCCCC)COP(=O)(O)OC[C@H](O)COP(=O)(O)OC[C@@H](COC(=O)CCCCCCCCCCCCCCCCCCC(C)C)OC(=O)CCCCCCCCCCCCCCCCCCC(C)C. The average Bonchev–Trinajstić information content (AvgIpc) is 0.977. The fraction of sp³-hybridized carbons (Fsp3) is 0.953. The molecular weight excluding hydrogens is 1350 g/mol. The molecule has 3 N–H and O–H groups in total. The fourth-order valence-corrected chi connectivity index (χ4v) is 14.8. The maximum Gasteiger partial charge on any atom is 0.472 e. The van der Waals surface area contributed by atoms with Crippen LogP contribution in [-0.2, 0) is 65.4 Å². The van der Waals surface area contributed by atoms with E-state index in [1.165, 1.54) is 270 Å². The summed E-state index contributed by atoms with van der Waals surface area (Å²) in [6.45, 7) is 9.73. The minimum atomic E-state index is -4.97. The highest BCUT2D eigenvalue weighted by molar-refractivity contribution is 7.47. The van der Waals surface area contributed by atoms with Gasteiger partial charge in [0.1, 0.15) is 19.3 Å². The van der Waals surface area contributed by atoms with Gasteiger partial charge in [-0.25, -0.2) is 9.13 Å². The Bertz CT molecular complexity index is 1990. The summed E-state index contributed by atoms with van der Waals surface area (Å²) < 4.78 is 68.9. The molecule has 0 aromatic heterocycles. The number of rotatable bonds is 84. The molecule has 0 rings (SSSR count). The van der Waals surface area contributed by atoms with Crippen LogP contribution in [0.3, 0.4) is 0 Å². The topological polar surface area (TPSA) is 237 Å². The molecule has 0 aliphatic carbocycles. The van der Waals surface area contributed by atoms with Gasteiger partial charge in [-0.3, -0.25) is 37.3 Å². The van der Waals surface area contributed by atoms with Crippen molar-refractivity contribution in [3.8, 4) is 0 Å². The number of aliphatic hydroxyl groups is 1. The number of ether oxygens (including phenoxy) is 4. The first-order valence-corrected chi connectivity index (χ1v) is 47.0. The molecule has 0 aromatic carbocycles. The maximum atomic E-state index is 13.1. The van der Waals surface area contributed by atoms with E-state index in [4.69, 9.17) is 37.0 Å². The standard InChI is InChI=1S/C85H166O17P2/c1-7-9-11-13-15-17-19-21-32-39-45-51-57-63-69-84(89)101-80(73-95-82(87)67-61-55-49-43-37-20-18-16-14-12-10-8-2)75-99-103(91,92)97-71-79(86)72-98-104(93,94)100-76-81(102-85(90)70-64-58-52-46-40-34-29-25-23-27-31-36-42-48-54-60-66-78(5)6)74-96-83(88)68-62-56-50-44-38-33-28-24-22-26-30-35-41-47-53-59-65-77(3)4/h77-81,86H,7-76H2,1-6H3,(H,91,92)(H,93,94)/t79-,80+,81+/m0/s1. The molecule has 0 fully saturated rings. The smallest absolute Gasteiger partial charge is 0.462 e. The lowest BCUT2D eigenvalue weighted by Crippen LogP contribution is -2.30. The van der Waals surface area contributed by atoms with Gasteiger partial charge in [0.25, 0.3) is 0 Å². The number of esters is 4. The van der Waals surface area contributed by atoms with E-state index in [0.29, 0.717) is 25.7 Å². The number of hydrogen-bond donors (Lipinski definition) is 3. The van der Waals surface area contributed by atoms with Gasteiger partial charge in [0.2, 0.25) is 0 Å². The van der Waals surface area contributed by atoms with Crippen LogP contribution in [-0.4, -0.2) is 96.7 Å². The van der Waals surface area contributed by atoms with Gasteiger partial charge >= 0.3 is 39.5 Å². The Balaban J connectivity index is 5.25. The van der Waals surface area contributed by atoms with Crippen molar-refractivity contribution in [3.63, 3.8) is 0 Å². The molecule has 0 radical (unpaired) electrons. The molecule has 0 saturated heterocycles. The van der Waals surface area contributed by atoms with Crippen molar-refractivity contribution >= 4 is 39.5 Å². The van der Waals surface area contributed by atoms with Gasteiger partial charge in [0.05, 0.1) is 26.4 Å². The van der Waals surface area contributed by atoms with E-state index in [0.717, 1.165) is 102 Å². The second kappa shape index (κ2) is 76.4. The van der Waals surface area contributed by atoms with E-state index in [9.17, 15) is 43.2 Å². The van der Waals surface area contributed by atoms with Crippen LogP contribution in [0.2, 0.25) is 0 Å². The summed E-state index contributed by atoms with van der Waals surface area (Å²) in [5.74, 6) is -0.478. The minimum Gasteiger partial charge on any atom is -0.462 e.